The highest BCUT2D eigenvalue weighted by atomic mass is 32.2. The summed E-state index contributed by atoms with van der Waals surface area (Å²) in [5.41, 5.74) is -0.140. The predicted octanol–water partition coefficient (Wildman–Crippen LogP) is 0.295. The molecular formula is C11H16N2O3S. The van der Waals surface area contributed by atoms with Crippen LogP contribution in [0.1, 0.15) is 13.3 Å². The quantitative estimate of drug-likeness (QED) is 0.814. The first kappa shape index (κ1) is 12.3. The van der Waals surface area contributed by atoms with E-state index in [4.69, 9.17) is 5.14 Å². The summed E-state index contributed by atoms with van der Waals surface area (Å²) in [6.07, 6.45) is 0.654. The van der Waals surface area contributed by atoms with Gasteiger partial charge in [0.25, 0.3) is 0 Å². The molecule has 1 aliphatic heterocycles. The molecule has 17 heavy (non-hydrogen) atoms. The van der Waals surface area contributed by atoms with Gasteiger partial charge in [-0.2, -0.15) is 0 Å². The summed E-state index contributed by atoms with van der Waals surface area (Å²) < 4.78 is 22.8. The van der Waals surface area contributed by atoms with Gasteiger partial charge < -0.3 is 10.0 Å². The average molecular weight is 256 g/mol. The largest absolute Gasteiger partial charge is 0.386 e. The smallest absolute Gasteiger partial charge is 0.240 e. The highest BCUT2D eigenvalue weighted by Gasteiger charge is 2.40. The first-order valence-electron chi connectivity index (χ1n) is 5.45. The minimum atomic E-state index is -3.72. The highest BCUT2D eigenvalue weighted by Crippen LogP contribution is 2.33. The van der Waals surface area contributed by atoms with E-state index in [1.165, 1.54) is 6.07 Å². The maximum atomic E-state index is 11.4. The number of benzene rings is 1. The van der Waals surface area contributed by atoms with Gasteiger partial charge >= 0.3 is 0 Å². The van der Waals surface area contributed by atoms with Gasteiger partial charge in [-0.15, -0.1) is 0 Å². The second-order valence-corrected chi connectivity index (χ2v) is 5.98. The van der Waals surface area contributed by atoms with Crippen molar-refractivity contribution < 1.29 is 13.5 Å². The number of sulfonamides is 1. The zero-order chi connectivity index (χ0) is 12.7. The van der Waals surface area contributed by atoms with E-state index in [1.54, 1.807) is 18.2 Å². The van der Waals surface area contributed by atoms with Gasteiger partial charge in [0.05, 0.1) is 11.3 Å². The number of nitrogens with zero attached hydrogens (tertiary/aromatic N) is 1. The first-order chi connectivity index (χ1) is 7.86. The summed E-state index contributed by atoms with van der Waals surface area (Å²) in [4.78, 5) is 1.93. The lowest BCUT2D eigenvalue weighted by molar-refractivity contribution is 0.00823. The van der Waals surface area contributed by atoms with Gasteiger partial charge in [0, 0.05) is 13.1 Å². The fourth-order valence-corrected chi connectivity index (χ4v) is 2.77. The molecule has 0 unspecified atom stereocenters. The van der Waals surface area contributed by atoms with Crippen LogP contribution in [0, 0.1) is 0 Å². The molecule has 0 aromatic heterocycles. The number of rotatable bonds is 3. The van der Waals surface area contributed by atoms with Crippen molar-refractivity contribution in [2.45, 2.75) is 23.8 Å². The summed E-state index contributed by atoms with van der Waals surface area (Å²) in [5, 5.41) is 15.1. The molecule has 0 spiro atoms. The Morgan fingerprint density at radius 1 is 1.41 bits per heavy atom. The van der Waals surface area contributed by atoms with E-state index < -0.39 is 15.6 Å². The van der Waals surface area contributed by atoms with Gasteiger partial charge in [-0.05, 0) is 18.6 Å². The third kappa shape index (κ3) is 2.29. The Kier molecular flexibility index (Phi) is 2.89. The molecule has 0 aliphatic carbocycles. The Bertz CT molecular complexity index is 521. The number of para-hydroxylation sites is 1. The molecule has 94 valence electrons. The van der Waals surface area contributed by atoms with Crippen LogP contribution < -0.4 is 10.0 Å². The normalized spacial score (nSPS) is 18.9. The van der Waals surface area contributed by atoms with Crippen molar-refractivity contribution in [2.75, 3.05) is 18.0 Å². The highest BCUT2D eigenvalue weighted by molar-refractivity contribution is 7.89. The monoisotopic (exact) mass is 256 g/mol. The molecular weight excluding hydrogens is 240 g/mol. The topological polar surface area (TPSA) is 83.6 Å². The zero-order valence-electron chi connectivity index (χ0n) is 9.63. The van der Waals surface area contributed by atoms with Crippen LogP contribution in [0.3, 0.4) is 0 Å². The lowest BCUT2D eigenvalue weighted by Gasteiger charge is -2.48. The van der Waals surface area contributed by atoms with Crippen molar-refractivity contribution in [1.82, 2.24) is 0 Å². The molecule has 1 saturated heterocycles. The maximum absolute atomic E-state index is 11.4. The Balaban J connectivity index is 2.30. The van der Waals surface area contributed by atoms with Gasteiger partial charge in [0.15, 0.2) is 0 Å². The van der Waals surface area contributed by atoms with Crippen molar-refractivity contribution in [2.24, 2.45) is 5.14 Å². The molecule has 0 radical (unpaired) electrons. The van der Waals surface area contributed by atoms with Crippen molar-refractivity contribution in [3.8, 4) is 0 Å². The van der Waals surface area contributed by atoms with Crippen LogP contribution in [0.4, 0.5) is 5.69 Å². The van der Waals surface area contributed by atoms with Gasteiger partial charge in [-0.1, -0.05) is 19.1 Å². The van der Waals surface area contributed by atoms with E-state index in [-0.39, 0.29) is 4.90 Å². The second-order valence-electron chi connectivity index (χ2n) is 4.45. The minimum absolute atomic E-state index is 0.109. The average Bonchev–Trinajstić information content (AvgIpc) is 2.23. The molecule has 1 fully saturated rings. The number of nitrogens with two attached hydrogens (primary N) is 1. The standard InChI is InChI=1S/C11H16N2O3S/c1-2-11(14)7-13(8-11)9-5-3-4-6-10(9)17(12,15)16/h3-6,14H,2,7-8H2,1H3,(H2,12,15,16). The van der Waals surface area contributed by atoms with Gasteiger partial charge in [0.2, 0.25) is 10.0 Å². The van der Waals surface area contributed by atoms with Gasteiger partial charge in [-0.25, -0.2) is 13.6 Å². The first-order valence-corrected chi connectivity index (χ1v) is 6.99. The summed E-state index contributed by atoms with van der Waals surface area (Å²) in [6, 6.07) is 6.57. The molecule has 0 saturated carbocycles. The van der Waals surface area contributed by atoms with E-state index in [0.29, 0.717) is 25.2 Å². The molecule has 1 aliphatic rings. The Labute approximate surface area is 101 Å². The zero-order valence-corrected chi connectivity index (χ0v) is 10.4. The van der Waals surface area contributed by atoms with Gasteiger partial charge in [-0.3, -0.25) is 0 Å². The van der Waals surface area contributed by atoms with Crippen LogP contribution in [-0.2, 0) is 10.0 Å². The number of hydrogen-bond donors (Lipinski definition) is 2. The summed E-state index contributed by atoms with van der Waals surface area (Å²) in [7, 11) is -3.72. The number of anilines is 1. The molecule has 0 atom stereocenters. The second kappa shape index (κ2) is 3.97. The molecule has 0 amide bonds. The van der Waals surface area contributed by atoms with E-state index in [1.807, 2.05) is 11.8 Å². The number of β-amino-alcohol motifs (C(OH)–C–C–N with tert-alkyl or cyclic N) is 1. The molecule has 5 nitrogen and oxygen atoms in total. The van der Waals surface area contributed by atoms with Crippen LogP contribution in [0.15, 0.2) is 29.2 Å². The number of hydrogen-bond acceptors (Lipinski definition) is 4. The Morgan fingerprint density at radius 2 is 2.00 bits per heavy atom. The minimum Gasteiger partial charge on any atom is -0.386 e. The molecule has 6 heteroatoms. The van der Waals surface area contributed by atoms with Crippen LogP contribution in [0.2, 0.25) is 0 Å². The predicted molar refractivity (Wildman–Crippen MR) is 65.3 cm³/mol. The van der Waals surface area contributed by atoms with E-state index >= 15 is 0 Å². The van der Waals surface area contributed by atoms with Crippen LogP contribution in [-0.4, -0.2) is 32.2 Å². The molecule has 1 aromatic carbocycles. The Hall–Kier alpha value is -1.11. The van der Waals surface area contributed by atoms with Crippen LogP contribution in [0.25, 0.3) is 0 Å². The third-order valence-electron chi connectivity index (χ3n) is 3.14. The summed E-state index contributed by atoms with van der Waals surface area (Å²) >= 11 is 0. The van der Waals surface area contributed by atoms with E-state index in [9.17, 15) is 13.5 Å². The fraction of sp³-hybridized carbons (Fsp3) is 0.455. The number of aliphatic hydroxyl groups is 1. The summed E-state index contributed by atoms with van der Waals surface area (Å²) in [6.45, 7) is 2.79. The fourth-order valence-electron chi connectivity index (χ4n) is 2.02. The van der Waals surface area contributed by atoms with E-state index in [0.717, 1.165) is 0 Å². The van der Waals surface area contributed by atoms with Crippen LogP contribution >= 0.6 is 0 Å². The molecule has 2 rings (SSSR count). The molecule has 1 aromatic rings. The lowest BCUT2D eigenvalue weighted by Crippen LogP contribution is -2.61. The van der Waals surface area contributed by atoms with Gasteiger partial charge in [0.1, 0.15) is 4.90 Å². The Morgan fingerprint density at radius 3 is 2.53 bits per heavy atom. The van der Waals surface area contributed by atoms with E-state index in [2.05, 4.69) is 0 Å². The molecule has 3 N–H and O–H groups in total. The lowest BCUT2D eigenvalue weighted by atomic mass is 9.91. The SMILES string of the molecule is CCC1(O)CN(c2ccccc2S(N)(=O)=O)C1. The third-order valence-corrected chi connectivity index (χ3v) is 4.10. The molecule has 0 bridgehead atoms. The van der Waals surface area contributed by atoms with Crippen molar-refractivity contribution in [3.05, 3.63) is 24.3 Å². The molecule has 1 heterocycles. The van der Waals surface area contributed by atoms with Crippen molar-refractivity contribution in [3.63, 3.8) is 0 Å². The van der Waals surface area contributed by atoms with Crippen LogP contribution in [0.5, 0.6) is 0 Å². The number of primary sulfonamides is 1. The van der Waals surface area contributed by atoms with Crippen molar-refractivity contribution in [1.29, 1.82) is 0 Å². The maximum Gasteiger partial charge on any atom is 0.240 e. The van der Waals surface area contributed by atoms with Crippen molar-refractivity contribution >= 4 is 15.7 Å². The summed E-state index contributed by atoms with van der Waals surface area (Å²) in [5.74, 6) is 0.